The van der Waals surface area contributed by atoms with Crippen molar-refractivity contribution in [3.63, 3.8) is 0 Å². The van der Waals surface area contributed by atoms with Gasteiger partial charge in [-0.2, -0.15) is 0 Å². The molecule has 0 aromatic rings. The van der Waals surface area contributed by atoms with Gasteiger partial charge in [0.1, 0.15) is 0 Å². The summed E-state index contributed by atoms with van der Waals surface area (Å²) in [7, 11) is 0. The Morgan fingerprint density at radius 1 is 0.417 bits per heavy atom. The summed E-state index contributed by atoms with van der Waals surface area (Å²) < 4.78 is 0. The molecule has 0 unspecified atom stereocenters. The second kappa shape index (κ2) is 52.3. The first-order valence-corrected chi connectivity index (χ1v) is 19.0. The summed E-state index contributed by atoms with van der Waals surface area (Å²) in [6.45, 7) is 9.63. The molecule has 0 fully saturated rings. The smallest absolute Gasteiger partial charge is 0.550 e. The van der Waals surface area contributed by atoms with Crippen LogP contribution in [0.1, 0.15) is 213 Å². The topological polar surface area (TPSA) is 158 Å². The maximum Gasteiger partial charge on any atom is 3.00 e. The molecule has 0 rings (SSSR count). The predicted octanol–water partition coefficient (Wildman–Crippen LogP) is 8.23. The zero-order valence-electron chi connectivity index (χ0n) is 31.3. The summed E-state index contributed by atoms with van der Waals surface area (Å²) in [5.41, 5.74) is 0. The van der Waals surface area contributed by atoms with Crippen LogP contribution in [-0.2, 0) is 45.4 Å². The van der Waals surface area contributed by atoms with E-state index in [0.717, 1.165) is 44.6 Å². The van der Waals surface area contributed by atoms with E-state index in [9.17, 15) is 34.5 Å². The molecule has 281 valence electrons. The van der Waals surface area contributed by atoms with Crippen LogP contribution in [0, 0.1) is 0 Å². The Hall–Kier alpha value is -1.50. The van der Waals surface area contributed by atoms with Crippen molar-refractivity contribution in [3.05, 3.63) is 12.7 Å². The van der Waals surface area contributed by atoms with Gasteiger partial charge in [0, 0.05) is 24.0 Å². The molecule has 0 bridgehead atoms. The van der Waals surface area contributed by atoms with Crippen molar-refractivity contribution >= 4 is 23.9 Å². The third-order valence-electron chi connectivity index (χ3n) is 7.63. The third kappa shape index (κ3) is 75.0. The summed E-state index contributed by atoms with van der Waals surface area (Å²) >= 11 is 0. The molecule has 0 saturated carbocycles. The van der Waals surface area contributed by atoms with Crippen LogP contribution in [0.4, 0.5) is 0 Å². The number of unbranched alkanes of at least 4 members (excludes halogenated alkanes) is 24. The number of hydrogen-bond acceptors (Lipinski definition) is 7. The summed E-state index contributed by atoms with van der Waals surface area (Å²) in [5.74, 6) is -3.71. The summed E-state index contributed by atoms with van der Waals surface area (Å²) in [4.78, 5) is 39.5. The third-order valence-corrected chi connectivity index (χ3v) is 7.63. The van der Waals surface area contributed by atoms with Gasteiger partial charge in [0.25, 0.3) is 0 Å². The molecule has 0 aliphatic rings. The van der Waals surface area contributed by atoms with E-state index in [1.165, 1.54) is 135 Å². The Bertz CT molecular complexity index is 609. The average Bonchev–Trinajstić information content (AvgIpc) is 3.03. The molecule has 0 spiro atoms. The Morgan fingerprint density at radius 3 is 0.688 bits per heavy atom. The zero-order chi connectivity index (χ0) is 36.2. The van der Waals surface area contributed by atoms with Gasteiger partial charge in [0.05, 0.1) is 0 Å². The van der Waals surface area contributed by atoms with Crippen LogP contribution in [0.5, 0.6) is 0 Å². The minimum Gasteiger partial charge on any atom is -0.550 e. The predicted molar refractivity (Wildman–Crippen MR) is 188 cm³/mol. The van der Waals surface area contributed by atoms with Crippen LogP contribution in [0.15, 0.2) is 12.7 Å². The maximum absolute atomic E-state index is 10.1. The Labute approximate surface area is 314 Å². The molecule has 0 saturated heterocycles. The van der Waals surface area contributed by atoms with Gasteiger partial charge in [-0.3, -0.25) is 0 Å². The fourth-order valence-corrected chi connectivity index (χ4v) is 4.74. The quantitative estimate of drug-likeness (QED) is 0.0547. The first-order valence-electron chi connectivity index (χ1n) is 19.0. The van der Waals surface area contributed by atoms with Crippen LogP contribution in [-0.4, -0.2) is 29.0 Å². The van der Waals surface area contributed by atoms with Gasteiger partial charge in [-0.05, 0) is 38.5 Å². The number of carboxylic acids is 4. The van der Waals surface area contributed by atoms with Crippen LogP contribution in [0.25, 0.3) is 0 Å². The minimum atomic E-state index is -0.981. The standard InChI is InChI=1S/3C12H24O2.C3H4O2.Zr/c3*1-2-3-4-5-6-7-8-9-10-11-12(13)14;1-2-3(4)5;/h3*2-11H2,1H3,(H,13,14);2H,1H2,(H,4,5);/q;;;;+3/p-3. The monoisotopic (exact) mass is 759 g/mol. The fourth-order valence-electron chi connectivity index (χ4n) is 4.74. The van der Waals surface area contributed by atoms with Gasteiger partial charge >= 0.3 is 32.2 Å². The molecule has 1 radical (unpaired) electrons. The molecule has 48 heavy (non-hydrogen) atoms. The van der Waals surface area contributed by atoms with Crippen molar-refractivity contribution in [1.29, 1.82) is 0 Å². The second-order valence-corrected chi connectivity index (χ2v) is 12.4. The molecule has 0 aliphatic carbocycles. The van der Waals surface area contributed by atoms with Crippen LogP contribution < -0.4 is 15.3 Å². The Balaban J connectivity index is -0.000000178. The molecule has 9 heteroatoms. The van der Waals surface area contributed by atoms with Crippen LogP contribution in [0.2, 0.25) is 0 Å². The molecule has 0 aromatic heterocycles. The van der Waals surface area contributed by atoms with E-state index in [1.807, 2.05) is 0 Å². The Morgan fingerprint density at radius 2 is 0.562 bits per heavy atom. The van der Waals surface area contributed by atoms with Crippen molar-refractivity contribution in [2.45, 2.75) is 213 Å². The molecule has 0 heterocycles. The largest absolute Gasteiger partial charge is 3.00 e. The van der Waals surface area contributed by atoms with E-state index in [-0.39, 0.29) is 45.5 Å². The second-order valence-electron chi connectivity index (χ2n) is 12.4. The molecule has 8 nitrogen and oxygen atoms in total. The molecular formula is C39H73O8Zr. The van der Waals surface area contributed by atoms with Gasteiger partial charge < -0.3 is 34.8 Å². The van der Waals surface area contributed by atoms with E-state index in [0.29, 0.717) is 0 Å². The van der Waals surface area contributed by atoms with Crippen molar-refractivity contribution in [3.8, 4) is 0 Å². The van der Waals surface area contributed by atoms with E-state index < -0.39 is 23.9 Å². The van der Waals surface area contributed by atoms with Crippen LogP contribution >= 0.6 is 0 Å². The first kappa shape index (κ1) is 55.9. The molecule has 0 amide bonds. The number of carbonyl (C=O) groups is 4. The van der Waals surface area contributed by atoms with Gasteiger partial charge in [-0.25, -0.2) is 4.79 Å². The average molecular weight is 761 g/mol. The number of carboxylic acid groups (broad SMARTS) is 4. The molecule has 1 N–H and O–H groups in total. The number of hydrogen-bond donors (Lipinski definition) is 1. The summed E-state index contributed by atoms with van der Waals surface area (Å²) in [5, 5.41) is 37.9. The van der Waals surface area contributed by atoms with Crippen molar-refractivity contribution in [2.75, 3.05) is 0 Å². The van der Waals surface area contributed by atoms with Gasteiger partial charge in [-0.15, -0.1) is 0 Å². The number of carbonyl (C=O) groups excluding carboxylic acids is 3. The van der Waals surface area contributed by atoms with E-state index in [4.69, 9.17) is 5.11 Å². The minimum absolute atomic E-state index is 0. The zero-order valence-corrected chi connectivity index (χ0v) is 33.8. The van der Waals surface area contributed by atoms with Crippen LogP contribution in [0.3, 0.4) is 0 Å². The molecule has 0 atom stereocenters. The van der Waals surface area contributed by atoms with Crippen molar-refractivity contribution in [1.82, 2.24) is 0 Å². The van der Waals surface area contributed by atoms with E-state index >= 15 is 0 Å². The van der Waals surface area contributed by atoms with Gasteiger partial charge in [0.15, 0.2) is 0 Å². The number of aliphatic carboxylic acids is 4. The van der Waals surface area contributed by atoms with Crippen molar-refractivity contribution in [2.24, 2.45) is 0 Å². The SMILES string of the molecule is C=CC(=O)O.CCCCCCCCCCCC(=O)[O-].CCCCCCCCCCCC(=O)[O-].CCCCCCCCCCCC(=O)[O-].[Zr+3]. The normalized spacial score (nSPS) is 9.73. The molecular weight excluding hydrogens is 688 g/mol. The first-order chi connectivity index (χ1) is 22.6. The van der Waals surface area contributed by atoms with E-state index in [1.54, 1.807) is 0 Å². The van der Waals surface area contributed by atoms with Gasteiger partial charge in [0.2, 0.25) is 0 Å². The van der Waals surface area contributed by atoms with Gasteiger partial charge in [-0.1, -0.05) is 181 Å². The number of rotatable bonds is 31. The molecule has 0 aromatic carbocycles. The Kier molecular flexibility index (Phi) is 60.9. The molecule has 0 aliphatic heterocycles. The fraction of sp³-hybridized carbons (Fsp3) is 0.846. The van der Waals surface area contributed by atoms with Crippen molar-refractivity contribution < 1.29 is 65.8 Å². The summed E-state index contributed by atoms with van der Waals surface area (Å²) in [6.07, 6.45) is 34.3. The summed E-state index contributed by atoms with van der Waals surface area (Å²) in [6, 6.07) is 0. The van der Waals surface area contributed by atoms with E-state index in [2.05, 4.69) is 27.4 Å². The maximum atomic E-state index is 10.1.